The van der Waals surface area contributed by atoms with E-state index in [9.17, 15) is 18.5 Å². The zero-order valence-corrected chi connectivity index (χ0v) is 16.3. The molecule has 10 heteroatoms. The first kappa shape index (κ1) is 20.0. The second-order valence-electron chi connectivity index (χ2n) is 5.31. The number of benzene rings is 1. The Morgan fingerprint density at radius 3 is 2.54 bits per heavy atom. The second kappa shape index (κ2) is 8.39. The maximum absolute atomic E-state index is 12.6. The van der Waals surface area contributed by atoms with Crippen LogP contribution in [-0.4, -0.2) is 36.4 Å². The molecule has 2 rings (SSSR count). The number of hydrogen-bond donors (Lipinski definition) is 1. The number of hydrogen-bond acceptors (Lipinski definition) is 7. The summed E-state index contributed by atoms with van der Waals surface area (Å²) in [7, 11) is -3.77. The zero-order valence-electron chi connectivity index (χ0n) is 14.7. The largest absolute Gasteiger partial charge is 0.295 e. The molecular formula is C16H20N4O4S2. The Kier molecular flexibility index (Phi) is 6.46. The number of nitrogens with one attached hydrogen (secondary N) is 1. The van der Waals surface area contributed by atoms with Gasteiger partial charge in [-0.2, -0.15) is 9.41 Å². The topological polar surface area (TPSA) is 105 Å². The molecule has 26 heavy (non-hydrogen) atoms. The summed E-state index contributed by atoms with van der Waals surface area (Å²) in [5.74, 6) is 0. The summed E-state index contributed by atoms with van der Waals surface area (Å²) >= 11 is 1.50. The molecule has 0 aliphatic heterocycles. The highest BCUT2D eigenvalue weighted by Crippen LogP contribution is 2.29. The first-order valence-corrected chi connectivity index (χ1v) is 10.3. The van der Waals surface area contributed by atoms with Crippen molar-refractivity contribution in [2.75, 3.05) is 18.5 Å². The lowest BCUT2D eigenvalue weighted by molar-refractivity contribution is -0.384. The molecule has 0 unspecified atom stereocenters. The fraction of sp³-hybridized carbons (Fsp3) is 0.312. The molecule has 1 N–H and O–H groups in total. The standard InChI is InChI=1S/C16H20N4O4S2/c1-4-19(5-2)26(23,24)13-8-9-14(15(11-13)20(21)22)18-17-12(3)16-7-6-10-25-16/h6-11,18H,4-5H2,1-3H3. The molecule has 1 aromatic carbocycles. The number of nitro groups is 1. The Morgan fingerprint density at radius 1 is 1.31 bits per heavy atom. The van der Waals surface area contributed by atoms with Crippen LogP contribution in [0.1, 0.15) is 25.6 Å². The van der Waals surface area contributed by atoms with Crippen molar-refractivity contribution in [3.63, 3.8) is 0 Å². The molecule has 2 aromatic rings. The molecule has 0 radical (unpaired) electrons. The van der Waals surface area contributed by atoms with Crippen LogP contribution in [0.5, 0.6) is 0 Å². The molecule has 1 aromatic heterocycles. The third-order valence-corrected chi connectivity index (χ3v) is 6.76. The summed E-state index contributed by atoms with van der Waals surface area (Å²) in [5, 5.41) is 17.5. The Morgan fingerprint density at radius 2 is 2.00 bits per heavy atom. The van der Waals surface area contributed by atoms with Crippen LogP contribution >= 0.6 is 11.3 Å². The first-order chi connectivity index (χ1) is 12.3. The van der Waals surface area contributed by atoms with Crippen LogP contribution in [0.15, 0.2) is 45.7 Å². The lowest BCUT2D eigenvalue weighted by atomic mass is 10.3. The molecule has 0 saturated heterocycles. The third-order valence-electron chi connectivity index (χ3n) is 3.73. The molecule has 0 fully saturated rings. The normalized spacial score (nSPS) is 12.4. The van der Waals surface area contributed by atoms with Gasteiger partial charge in [0.05, 0.1) is 15.5 Å². The van der Waals surface area contributed by atoms with E-state index in [1.807, 2.05) is 17.5 Å². The van der Waals surface area contributed by atoms with E-state index in [2.05, 4.69) is 10.5 Å². The van der Waals surface area contributed by atoms with Gasteiger partial charge in [0.15, 0.2) is 0 Å². The van der Waals surface area contributed by atoms with Gasteiger partial charge < -0.3 is 0 Å². The van der Waals surface area contributed by atoms with Gasteiger partial charge in [0.1, 0.15) is 5.69 Å². The molecule has 0 saturated carbocycles. The number of rotatable bonds is 8. The summed E-state index contributed by atoms with van der Waals surface area (Å²) in [6.45, 7) is 5.79. The lowest BCUT2D eigenvalue weighted by Gasteiger charge is -2.18. The van der Waals surface area contributed by atoms with Crippen molar-refractivity contribution in [3.05, 3.63) is 50.7 Å². The summed E-state index contributed by atoms with van der Waals surface area (Å²) in [6.07, 6.45) is 0. The van der Waals surface area contributed by atoms with Gasteiger partial charge >= 0.3 is 0 Å². The van der Waals surface area contributed by atoms with Crippen molar-refractivity contribution in [2.45, 2.75) is 25.7 Å². The number of anilines is 1. The van der Waals surface area contributed by atoms with Crippen molar-refractivity contribution >= 4 is 38.4 Å². The van der Waals surface area contributed by atoms with Gasteiger partial charge in [-0.3, -0.25) is 15.5 Å². The van der Waals surface area contributed by atoms with Crippen molar-refractivity contribution < 1.29 is 13.3 Å². The maximum Gasteiger partial charge on any atom is 0.295 e. The van der Waals surface area contributed by atoms with Crippen LogP contribution in [0, 0.1) is 10.1 Å². The van der Waals surface area contributed by atoms with E-state index in [4.69, 9.17) is 0 Å². The van der Waals surface area contributed by atoms with Gasteiger partial charge in [0.2, 0.25) is 10.0 Å². The van der Waals surface area contributed by atoms with Crippen molar-refractivity contribution in [3.8, 4) is 0 Å². The van der Waals surface area contributed by atoms with Crippen LogP contribution in [0.25, 0.3) is 0 Å². The smallest absolute Gasteiger partial charge is 0.271 e. The lowest BCUT2D eigenvalue weighted by Crippen LogP contribution is -2.30. The number of hydrazone groups is 1. The van der Waals surface area contributed by atoms with Crippen molar-refractivity contribution in [1.82, 2.24) is 4.31 Å². The molecule has 8 nitrogen and oxygen atoms in total. The Hall–Kier alpha value is -2.30. The molecule has 1 heterocycles. The van der Waals surface area contributed by atoms with E-state index >= 15 is 0 Å². The summed E-state index contributed by atoms with van der Waals surface area (Å²) < 4.78 is 26.4. The predicted molar refractivity (Wildman–Crippen MR) is 103 cm³/mol. The van der Waals surface area contributed by atoms with Crippen molar-refractivity contribution in [2.24, 2.45) is 5.10 Å². The third kappa shape index (κ3) is 4.26. The Labute approximate surface area is 156 Å². The van der Waals surface area contributed by atoms with E-state index in [-0.39, 0.29) is 29.4 Å². The maximum atomic E-state index is 12.6. The van der Waals surface area contributed by atoms with E-state index in [0.717, 1.165) is 10.9 Å². The van der Waals surface area contributed by atoms with Crippen LogP contribution in [-0.2, 0) is 10.0 Å². The van der Waals surface area contributed by atoms with Gasteiger partial charge in [0.25, 0.3) is 5.69 Å². The van der Waals surface area contributed by atoms with E-state index in [1.165, 1.54) is 27.8 Å². The molecule has 0 atom stereocenters. The summed E-state index contributed by atoms with van der Waals surface area (Å²) in [6, 6.07) is 7.54. The fourth-order valence-electron chi connectivity index (χ4n) is 2.31. The van der Waals surface area contributed by atoms with Gasteiger partial charge in [-0.15, -0.1) is 11.3 Å². The van der Waals surface area contributed by atoms with Crippen LogP contribution in [0.4, 0.5) is 11.4 Å². The van der Waals surface area contributed by atoms with Crippen LogP contribution < -0.4 is 5.43 Å². The fourth-order valence-corrected chi connectivity index (χ4v) is 4.47. The molecule has 0 bridgehead atoms. The number of thiophene rings is 1. The molecule has 0 spiro atoms. The second-order valence-corrected chi connectivity index (χ2v) is 8.20. The van der Waals surface area contributed by atoms with Gasteiger partial charge in [-0.05, 0) is 30.5 Å². The molecule has 0 amide bonds. The van der Waals surface area contributed by atoms with Gasteiger partial charge in [-0.25, -0.2) is 8.42 Å². The molecule has 0 aliphatic carbocycles. The van der Waals surface area contributed by atoms with E-state index in [0.29, 0.717) is 5.71 Å². The monoisotopic (exact) mass is 396 g/mol. The molecular weight excluding hydrogens is 376 g/mol. The first-order valence-electron chi connectivity index (χ1n) is 7.94. The van der Waals surface area contributed by atoms with E-state index in [1.54, 1.807) is 20.8 Å². The average molecular weight is 396 g/mol. The summed E-state index contributed by atoms with van der Waals surface area (Å²) in [5.41, 5.74) is 3.12. The zero-order chi connectivity index (χ0) is 19.3. The number of nitro benzene ring substituents is 1. The molecule has 0 aliphatic rings. The Bertz CT molecular complexity index is 904. The number of sulfonamides is 1. The van der Waals surface area contributed by atoms with Crippen molar-refractivity contribution in [1.29, 1.82) is 0 Å². The van der Waals surface area contributed by atoms with Gasteiger partial charge in [-0.1, -0.05) is 19.9 Å². The SMILES string of the molecule is CCN(CC)S(=O)(=O)c1ccc(NN=C(C)c2cccs2)c([N+](=O)[O-])c1. The quantitative estimate of drug-likeness (QED) is 0.417. The van der Waals surface area contributed by atoms with E-state index < -0.39 is 14.9 Å². The van der Waals surface area contributed by atoms with Crippen LogP contribution in [0.3, 0.4) is 0 Å². The summed E-state index contributed by atoms with van der Waals surface area (Å²) in [4.78, 5) is 11.6. The van der Waals surface area contributed by atoms with Crippen LogP contribution in [0.2, 0.25) is 0 Å². The predicted octanol–water partition coefficient (Wildman–Crippen LogP) is 3.52. The Balaban J connectivity index is 2.38. The number of nitrogens with zero attached hydrogens (tertiary/aromatic N) is 3. The van der Waals surface area contributed by atoms with Gasteiger partial charge in [0, 0.05) is 24.0 Å². The highest BCUT2D eigenvalue weighted by molar-refractivity contribution is 7.89. The highest BCUT2D eigenvalue weighted by atomic mass is 32.2. The minimum atomic E-state index is -3.77. The minimum absolute atomic E-state index is 0.114. The average Bonchev–Trinajstić information content (AvgIpc) is 3.15. The molecule has 140 valence electrons. The highest BCUT2D eigenvalue weighted by Gasteiger charge is 2.25. The minimum Gasteiger partial charge on any atom is -0.271 e.